The summed E-state index contributed by atoms with van der Waals surface area (Å²) in [6.45, 7) is 2.78. The lowest BCUT2D eigenvalue weighted by Gasteiger charge is -2.31. The summed E-state index contributed by atoms with van der Waals surface area (Å²) in [6.07, 6.45) is 0. The summed E-state index contributed by atoms with van der Waals surface area (Å²) in [6, 6.07) is 25.3. The van der Waals surface area contributed by atoms with Gasteiger partial charge in [0.15, 0.2) is 0 Å². The molecule has 4 rings (SSSR count). The summed E-state index contributed by atoms with van der Waals surface area (Å²) in [4.78, 5) is 15.6. The quantitative estimate of drug-likeness (QED) is 0.652. The van der Waals surface area contributed by atoms with Gasteiger partial charge in [0.1, 0.15) is 0 Å². The van der Waals surface area contributed by atoms with E-state index in [1.54, 1.807) is 0 Å². The second kappa shape index (κ2) is 9.12. The molecule has 1 fully saturated rings. The van der Waals surface area contributed by atoms with Crippen LogP contribution in [0.25, 0.3) is 0 Å². The highest BCUT2D eigenvalue weighted by Gasteiger charge is 2.25. The van der Waals surface area contributed by atoms with Gasteiger partial charge < -0.3 is 15.0 Å². The number of carbonyl (C=O) groups is 1. The minimum absolute atomic E-state index is 0.0841. The molecule has 1 saturated heterocycles. The number of nitrogens with one attached hydrogen (secondary N) is 1. The van der Waals surface area contributed by atoms with Crippen LogP contribution in [0.15, 0.2) is 78.9 Å². The number of halogens is 1. The van der Waals surface area contributed by atoms with Gasteiger partial charge >= 0.3 is 0 Å². The van der Waals surface area contributed by atoms with E-state index in [0.717, 1.165) is 35.6 Å². The highest BCUT2D eigenvalue weighted by atomic mass is 35.5. The molecule has 0 radical (unpaired) electrons. The van der Waals surface area contributed by atoms with Crippen LogP contribution in [0.5, 0.6) is 0 Å². The van der Waals surface area contributed by atoms with Crippen LogP contribution < -0.4 is 10.2 Å². The van der Waals surface area contributed by atoms with Gasteiger partial charge in [-0.2, -0.15) is 0 Å². The first-order valence-electron chi connectivity index (χ1n) is 9.76. The van der Waals surface area contributed by atoms with Gasteiger partial charge in [0.05, 0.1) is 35.5 Å². The average molecular weight is 407 g/mol. The van der Waals surface area contributed by atoms with Gasteiger partial charge in [0.2, 0.25) is 5.91 Å². The molecule has 0 aliphatic carbocycles. The molecule has 0 saturated carbocycles. The molecule has 148 valence electrons. The van der Waals surface area contributed by atoms with E-state index in [2.05, 4.69) is 10.2 Å². The van der Waals surface area contributed by atoms with Crippen molar-refractivity contribution in [2.45, 2.75) is 5.92 Å². The number of nitrogens with zero attached hydrogens (tertiary/aromatic N) is 1. The first-order chi connectivity index (χ1) is 14.2. The van der Waals surface area contributed by atoms with Crippen molar-refractivity contribution in [3.63, 3.8) is 0 Å². The summed E-state index contributed by atoms with van der Waals surface area (Å²) >= 11 is 6.53. The molecule has 0 unspecified atom stereocenters. The number of amides is 1. The van der Waals surface area contributed by atoms with E-state index in [-0.39, 0.29) is 5.91 Å². The van der Waals surface area contributed by atoms with Crippen LogP contribution >= 0.6 is 11.6 Å². The zero-order valence-corrected chi connectivity index (χ0v) is 16.8. The molecule has 1 aliphatic rings. The van der Waals surface area contributed by atoms with Crippen molar-refractivity contribution in [1.29, 1.82) is 0 Å². The summed E-state index contributed by atoms with van der Waals surface area (Å²) in [5, 5.41) is 3.77. The van der Waals surface area contributed by atoms with E-state index in [0.29, 0.717) is 18.2 Å². The fraction of sp³-hybridized carbons (Fsp3) is 0.208. The second-order valence-electron chi connectivity index (χ2n) is 6.98. The zero-order valence-electron chi connectivity index (χ0n) is 16.1. The van der Waals surface area contributed by atoms with Gasteiger partial charge in [0, 0.05) is 13.1 Å². The number of benzene rings is 3. The van der Waals surface area contributed by atoms with Crippen molar-refractivity contribution in [1.82, 2.24) is 0 Å². The van der Waals surface area contributed by atoms with Gasteiger partial charge in [-0.3, -0.25) is 4.79 Å². The molecule has 1 amide bonds. The molecule has 0 spiro atoms. The Kier molecular flexibility index (Phi) is 6.13. The van der Waals surface area contributed by atoms with E-state index >= 15 is 0 Å². The molecule has 3 aromatic rings. The minimum atomic E-state index is -0.408. The van der Waals surface area contributed by atoms with Crippen LogP contribution in [0.4, 0.5) is 11.4 Å². The second-order valence-corrected chi connectivity index (χ2v) is 7.39. The Hall–Kier alpha value is -2.82. The number of hydrogen-bond acceptors (Lipinski definition) is 3. The molecule has 3 aromatic carbocycles. The van der Waals surface area contributed by atoms with Gasteiger partial charge in [-0.1, -0.05) is 78.3 Å². The van der Waals surface area contributed by atoms with Crippen LogP contribution in [0.2, 0.25) is 5.02 Å². The molecule has 29 heavy (non-hydrogen) atoms. The average Bonchev–Trinajstić information content (AvgIpc) is 2.76. The lowest BCUT2D eigenvalue weighted by molar-refractivity contribution is -0.116. The van der Waals surface area contributed by atoms with Gasteiger partial charge in [-0.25, -0.2) is 0 Å². The lowest BCUT2D eigenvalue weighted by atomic mass is 9.90. The van der Waals surface area contributed by atoms with Crippen LogP contribution in [-0.2, 0) is 9.53 Å². The van der Waals surface area contributed by atoms with E-state index < -0.39 is 5.92 Å². The third-order valence-corrected chi connectivity index (χ3v) is 5.40. The molecular formula is C24H23ClN2O2. The van der Waals surface area contributed by atoms with E-state index in [9.17, 15) is 4.79 Å². The van der Waals surface area contributed by atoms with E-state index in [4.69, 9.17) is 16.3 Å². The summed E-state index contributed by atoms with van der Waals surface area (Å²) in [7, 11) is 0. The third-order valence-electron chi connectivity index (χ3n) is 5.10. The Morgan fingerprint density at radius 1 is 0.862 bits per heavy atom. The first-order valence-corrected chi connectivity index (χ1v) is 10.1. The fourth-order valence-corrected chi connectivity index (χ4v) is 4.01. The predicted molar refractivity (Wildman–Crippen MR) is 118 cm³/mol. The molecule has 0 aromatic heterocycles. The number of anilines is 2. The highest BCUT2D eigenvalue weighted by Crippen LogP contribution is 2.36. The Bertz CT molecular complexity index is 918. The van der Waals surface area contributed by atoms with Gasteiger partial charge in [0.25, 0.3) is 0 Å². The van der Waals surface area contributed by atoms with Crippen molar-refractivity contribution >= 4 is 28.9 Å². The molecule has 1 aliphatic heterocycles. The van der Waals surface area contributed by atoms with Crippen molar-refractivity contribution in [3.05, 3.63) is 95.0 Å². The van der Waals surface area contributed by atoms with Crippen molar-refractivity contribution in [2.75, 3.05) is 36.5 Å². The van der Waals surface area contributed by atoms with E-state index in [1.807, 2.05) is 78.9 Å². The van der Waals surface area contributed by atoms with Crippen LogP contribution in [0.3, 0.4) is 0 Å². The van der Waals surface area contributed by atoms with Crippen LogP contribution in [-0.4, -0.2) is 32.2 Å². The summed E-state index contributed by atoms with van der Waals surface area (Å²) in [5.74, 6) is -0.493. The standard InChI is InChI=1S/C24H23ClN2O2/c25-20-12-7-13-21(23(20)27-14-16-29-17-15-27)26-24(28)22(18-8-3-1-4-9-18)19-10-5-2-6-11-19/h1-13,22H,14-17H2,(H,26,28). The highest BCUT2D eigenvalue weighted by molar-refractivity contribution is 6.34. The Balaban J connectivity index is 1.68. The maximum Gasteiger partial charge on any atom is 0.236 e. The maximum absolute atomic E-state index is 13.5. The number of hydrogen-bond donors (Lipinski definition) is 1. The maximum atomic E-state index is 13.5. The predicted octanol–water partition coefficient (Wildman–Crippen LogP) is 4.95. The topological polar surface area (TPSA) is 41.6 Å². The molecule has 0 bridgehead atoms. The molecule has 4 nitrogen and oxygen atoms in total. The summed E-state index contributed by atoms with van der Waals surface area (Å²) in [5.41, 5.74) is 3.48. The molecule has 1 heterocycles. The normalized spacial score (nSPS) is 14.1. The Labute approximate surface area is 176 Å². The number of ether oxygens (including phenoxy) is 1. The number of rotatable bonds is 5. The third kappa shape index (κ3) is 4.44. The lowest BCUT2D eigenvalue weighted by Crippen LogP contribution is -2.37. The molecular weight excluding hydrogens is 384 g/mol. The van der Waals surface area contributed by atoms with Crippen molar-refractivity contribution in [2.24, 2.45) is 0 Å². The molecule has 0 atom stereocenters. The van der Waals surface area contributed by atoms with Gasteiger partial charge in [-0.05, 0) is 23.3 Å². The van der Waals surface area contributed by atoms with Crippen molar-refractivity contribution in [3.8, 4) is 0 Å². The number of para-hydroxylation sites is 1. The van der Waals surface area contributed by atoms with Crippen LogP contribution in [0, 0.1) is 0 Å². The minimum Gasteiger partial charge on any atom is -0.378 e. The Morgan fingerprint density at radius 3 is 2.03 bits per heavy atom. The van der Waals surface area contributed by atoms with Crippen molar-refractivity contribution < 1.29 is 9.53 Å². The number of carbonyl (C=O) groups excluding carboxylic acids is 1. The van der Waals surface area contributed by atoms with E-state index in [1.165, 1.54) is 0 Å². The zero-order chi connectivity index (χ0) is 20.1. The number of morpholine rings is 1. The largest absolute Gasteiger partial charge is 0.378 e. The first kappa shape index (κ1) is 19.5. The smallest absolute Gasteiger partial charge is 0.236 e. The summed E-state index contributed by atoms with van der Waals surface area (Å²) < 4.78 is 5.46. The molecule has 1 N–H and O–H groups in total. The monoisotopic (exact) mass is 406 g/mol. The Morgan fingerprint density at radius 2 is 1.45 bits per heavy atom. The molecule has 5 heteroatoms. The fourth-order valence-electron chi connectivity index (χ4n) is 3.72. The van der Waals surface area contributed by atoms with Gasteiger partial charge in [-0.15, -0.1) is 0 Å². The SMILES string of the molecule is O=C(Nc1cccc(Cl)c1N1CCOCC1)C(c1ccccc1)c1ccccc1. The van der Waals surface area contributed by atoms with Crippen LogP contribution in [0.1, 0.15) is 17.0 Å².